The Morgan fingerprint density at radius 2 is 1.52 bits per heavy atom. The highest BCUT2D eigenvalue weighted by Gasteiger charge is 2.27. The Hall–Kier alpha value is -4.12. The van der Waals surface area contributed by atoms with Crippen LogP contribution >= 0.6 is 0 Å². The number of rotatable bonds is 19. The summed E-state index contributed by atoms with van der Waals surface area (Å²) in [6.07, 6.45) is 0. The maximum Gasteiger partial charge on any atom is 0.295 e. The number of nitrogens with one attached hydrogen (secondary N) is 2. The number of sulfonamides is 1. The number of hydrogen-bond acceptors (Lipinski definition) is 9. The molecular formula is C37H49N4O9S2+. The SMILES string of the molecule is C=C(C)C(=O)NCCOCCOCCNS(=O)(=O)c1ccc(-c2c3ccc(=[N+](CC)CC)cc-3oc3cc(N(CC)CC)ccc23)c(S(=O)(=O)O)c1. The van der Waals surface area contributed by atoms with E-state index in [-0.39, 0.29) is 49.3 Å². The fraction of sp³-hybridized carbons (Fsp3) is 0.405. The Morgan fingerprint density at radius 1 is 0.865 bits per heavy atom. The van der Waals surface area contributed by atoms with Crippen LogP contribution in [0.3, 0.4) is 0 Å². The predicted molar refractivity (Wildman–Crippen MR) is 203 cm³/mol. The molecule has 1 aliphatic carbocycles. The van der Waals surface area contributed by atoms with Gasteiger partial charge in [-0.25, -0.2) is 17.7 Å². The molecule has 3 N–H and O–H groups in total. The number of carbonyl (C=O) groups is 1. The van der Waals surface area contributed by atoms with E-state index in [1.165, 1.54) is 12.1 Å². The van der Waals surface area contributed by atoms with Crippen molar-refractivity contribution in [2.24, 2.45) is 0 Å². The first kappa shape index (κ1) is 40.6. The Morgan fingerprint density at radius 3 is 2.13 bits per heavy atom. The summed E-state index contributed by atoms with van der Waals surface area (Å²) < 4.78 is 84.8. The van der Waals surface area contributed by atoms with E-state index < -0.39 is 25.0 Å². The average molecular weight is 758 g/mol. The molecule has 1 amide bonds. The number of carbonyl (C=O) groups excluding carboxylic acids is 1. The quantitative estimate of drug-likeness (QED) is 0.0417. The van der Waals surface area contributed by atoms with E-state index in [1.807, 2.05) is 36.4 Å². The van der Waals surface area contributed by atoms with Crippen molar-refractivity contribution in [3.8, 4) is 22.5 Å². The molecule has 282 valence electrons. The first-order valence-corrected chi connectivity index (χ1v) is 20.2. The van der Waals surface area contributed by atoms with Crippen LogP contribution in [0.4, 0.5) is 5.69 Å². The second-order valence-corrected chi connectivity index (χ2v) is 15.1. The zero-order valence-corrected chi connectivity index (χ0v) is 32.0. The molecular weight excluding hydrogens is 709 g/mol. The van der Waals surface area contributed by atoms with Crippen LogP contribution in [0, 0.1) is 0 Å². The van der Waals surface area contributed by atoms with Crippen molar-refractivity contribution in [3.63, 3.8) is 0 Å². The van der Waals surface area contributed by atoms with Gasteiger partial charge in [-0.3, -0.25) is 9.35 Å². The predicted octanol–water partition coefficient (Wildman–Crippen LogP) is 4.11. The molecule has 52 heavy (non-hydrogen) atoms. The van der Waals surface area contributed by atoms with Crippen molar-refractivity contribution < 1.29 is 40.1 Å². The largest absolute Gasteiger partial charge is 0.456 e. The Bertz CT molecular complexity index is 2150. The lowest BCUT2D eigenvalue weighted by molar-refractivity contribution is -0.117. The van der Waals surface area contributed by atoms with Gasteiger partial charge < -0.3 is 24.1 Å². The van der Waals surface area contributed by atoms with Crippen molar-refractivity contribution in [2.75, 3.05) is 70.6 Å². The summed E-state index contributed by atoms with van der Waals surface area (Å²) in [7, 11) is -9.12. The molecule has 0 unspecified atom stereocenters. The van der Waals surface area contributed by atoms with Crippen LogP contribution in [0.5, 0.6) is 0 Å². The molecule has 0 spiro atoms. The lowest BCUT2D eigenvalue weighted by Gasteiger charge is -2.22. The third kappa shape index (κ3) is 9.85. The molecule has 13 nitrogen and oxygen atoms in total. The van der Waals surface area contributed by atoms with E-state index in [9.17, 15) is 26.2 Å². The molecule has 0 bridgehead atoms. The van der Waals surface area contributed by atoms with Gasteiger partial charge in [0, 0.05) is 71.6 Å². The maximum atomic E-state index is 13.3. The molecule has 0 aromatic heterocycles. The first-order valence-electron chi connectivity index (χ1n) is 17.3. The topological polar surface area (TPSA) is 167 Å². The maximum absolute atomic E-state index is 13.3. The zero-order valence-electron chi connectivity index (χ0n) is 30.4. The van der Waals surface area contributed by atoms with Crippen molar-refractivity contribution in [3.05, 3.63) is 72.1 Å². The Balaban J connectivity index is 1.65. The Labute approximate surface area is 306 Å². The van der Waals surface area contributed by atoms with Crippen molar-refractivity contribution in [1.29, 1.82) is 0 Å². The number of amides is 1. The monoisotopic (exact) mass is 757 g/mol. The van der Waals surface area contributed by atoms with Crippen molar-refractivity contribution in [2.45, 2.75) is 44.4 Å². The summed E-state index contributed by atoms with van der Waals surface area (Å²) in [6, 6.07) is 15.0. The number of benzene rings is 3. The molecule has 15 heteroatoms. The minimum Gasteiger partial charge on any atom is -0.456 e. The molecule has 1 aliphatic heterocycles. The van der Waals surface area contributed by atoms with Crippen LogP contribution in [0.2, 0.25) is 0 Å². The summed E-state index contributed by atoms with van der Waals surface area (Å²) >= 11 is 0. The summed E-state index contributed by atoms with van der Waals surface area (Å²) in [5, 5.41) is 4.16. The van der Waals surface area contributed by atoms with Gasteiger partial charge in [-0.1, -0.05) is 12.6 Å². The second-order valence-electron chi connectivity index (χ2n) is 12.0. The van der Waals surface area contributed by atoms with Gasteiger partial charge in [0.25, 0.3) is 10.1 Å². The second kappa shape index (κ2) is 18.1. The average Bonchev–Trinajstić information content (AvgIpc) is 3.11. The van der Waals surface area contributed by atoms with Gasteiger partial charge in [0.2, 0.25) is 21.3 Å². The third-order valence-corrected chi connectivity index (χ3v) is 10.9. The van der Waals surface area contributed by atoms with Gasteiger partial charge in [-0.15, -0.1) is 0 Å². The van der Waals surface area contributed by atoms with Crippen LogP contribution < -0.4 is 24.9 Å². The van der Waals surface area contributed by atoms with Gasteiger partial charge in [0.1, 0.15) is 29.3 Å². The van der Waals surface area contributed by atoms with E-state index in [0.29, 0.717) is 40.0 Å². The number of fused-ring (bicyclic) bond motifs is 2. The molecule has 0 saturated carbocycles. The highest BCUT2D eigenvalue weighted by molar-refractivity contribution is 7.89. The molecule has 0 atom stereocenters. The standard InChI is InChI=1S/C37H48N4O9S2/c1-7-40(8-2)27-11-14-30-33(23-27)50-34-24-28(41(9-3)10-4)12-15-31(34)36(30)32-16-13-29(25-35(32)52(45,46)47)51(43,44)39-18-20-49-22-21-48-19-17-38-37(42)26(5)6/h11-16,23-25,39H,5,7-10,17-22H2,1-4,6H3,(H-,38,42,45,46,47)/p+1. The van der Waals surface area contributed by atoms with Crippen LogP contribution in [0.25, 0.3) is 33.4 Å². The van der Waals surface area contributed by atoms with Crippen LogP contribution in [0.1, 0.15) is 34.6 Å². The van der Waals surface area contributed by atoms with Gasteiger partial charge in [0.15, 0.2) is 0 Å². The van der Waals surface area contributed by atoms with Crippen molar-refractivity contribution >= 4 is 42.7 Å². The van der Waals surface area contributed by atoms with Gasteiger partial charge in [-0.05, 0) is 65.0 Å². The molecule has 2 aromatic rings. The number of nitrogens with zero attached hydrogens (tertiary/aromatic N) is 2. The van der Waals surface area contributed by atoms with E-state index in [4.69, 9.17) is 13.9 Å². The highest BCUT2D eigenvalue weighted by Crippen LogP contribution is 2.43. The normalized spacial score (nSPS) is 12.0. The summed E-state index contributed by atoms with van der Waals surface area (Å²) in [5.74, 6) is 0.251. The van der Waals surface area contributed by atoms with Gasteiger partial charge >= 0.3 is 0 Å². The molecule has 0 radical (unpaired) electrons. The third-order valence-electron chi connectivity index (χ3n) is 8.59. The molecule has 2 aromatic carbocycles. The summed E-state index contributed by atoms with van der Waals surface area (Å²) in [5.41, 5.74) is 3.03. The fourth-order valence-electron chi connectivity index (χ4n) is 5.86. The van der Waals surface area contributed by atoms with E-state index in [0.717, 1.165) is 43.3 Å². The number of hydrogen-bond donors (Lipinski definition) is 3. The van der Waals surface area contributed by atoms with Gasteiger partial charge in [-0.2, -0.15) is 8.42 Å². The van der Waals surface area contributed by atoms with Crippen LogP contribution in [-0.2, 0) is 34.4 Å². The summed E-state index contributed by atoms with van der Waals surface area (Å²) in [6.45, 7) is 17.4. The van der Waals surface area contributed by atoms with E-state index in [2.05, 4.69) is 53.8 Å². The van der Waals surface area contributed by atoms with Crippen molar-refractivity contribution in [1.82, 2.24) is 14.6 Å². The molecule has 0 saturated heterocycles. The lowest BCUT2D eigenvalue weighted by atomic mass is 9.93. The first-order chi connectivity index (χ1) is 24.7. The van der Waals surface area contributed by atoms with Gasteiger partial charge in [0.05, 0.1) is 37.4 Å². The molecule has 2 aliphatic rings. The van der Waals surface area contributed by atoms with Crippen LogP contribution in [0.15, 0.2) is 81.0 Å². The smallest absolute Gasteiger partial charge is 0.295 e. The minimum absolute atomic E-state index is 0.0225. The van der Waals surface area contributed by atoms with E-state index in [1.54, 1.807) is 6.92 Å². The number of anilines is 1. The zero-order chi connectivity index (χ0) is 38.1. The number of ether oxygens (including phenoxy) is 2. The lowest BCUT2D eigenvalue weighted by Crippen LogP contribution is -2.29. The minimum atomic E-state index is -4.92. The molecule has 4 rings (SSSR count). The molecule has 1 heterocycles. The summed E-state index contributed by atoms with van der Waals surface area (Å²) in [4.78, 5) is 12.7. The Kier molecular flexibility index (Phi) is 14.1. The molecule has 0 fully saturated rings. The fourth-order valence-corrected chi connectivity index (χ4v) is 7.70. The van der Waals surface area contributed by atoms with Crippen LogP contribution in [-0.4, -0.2) is 93.0 Å². The highest BCUT2D eigenvalue weighted by atomic mass is 32.2. The van der Waals surface area contributed by atoms with E-state index >= 15 is 0 Å².